The van der Waals surface area contributed by atoms with Crippen molar-refractivity contribution < 1.29 is 18.0 Å². The minimum Gasteiger partial charge on any atom is -0.323 e. The van der Waals surface area contributed by atoms with Crippen molar-refractivity contribution in [1.82, 2.24) is 10.2 Å². The summed E-state index contributed by atoms with van der Waals surface area (Å²) in [7, 11) is -4.08. The Balaban J connectivity index is 1.94. The number of nitrogens with one attached hydrogen (secondary N) is 2. The zero-order valence-electron chi connectivity index (χ0n) is 13.4. The zero-order chi connectivity index (χ0) is 18.2. The normalized spacial score (nSPS) is 14.2. The van der Waals surface area contributed by atoms with Crippen molar-refractivity contribution in [3.63, 3.8) is 0 Å². The molecule has 2 aromatic rings. The molecular weight excluding hydrogens is 366 g/mol. The van der Waals surface area contributed by atoms with E-state index in [1.807, 2.05) is 0 Å². The third-order valence-corrected chi connectivity index (χ3v) is 6.35. The van der Waals surface area contributed by atoms with Crippen LogP contribution in [0.1, 0.15) is 13.8 Å². The van der Waals surface area contributed by atoms with Gasteiger partial charge in [-0.2, -0.15) is 8.42 Å². The molecule has 25 heavy (non-hydrogen) atoms. The maximum atomic E-state index is 12.9. The highest BCUT2D eigenvalue weighted by atomic mass is 32.2. The highest BCUT2D eigenvalue weighted by Crippen LogP contribution is 2.34. The van der Waals surface area contributed by atoms with E-state index in [2.05, 4.69) is 20.8 Å². The molecule has 0 saturated heterocycles. The average Bonchev–Trinajstić information content (AvgIpc) is 3.03. The molecule has 3 rings (SSSR count). The summed E-state index contributed by atoms with van der Waals surface area (Å²) >= 11 is 0.740. The average molecular weight is 381 g/mol. The Morgan fingerprint density at radius 3 is 2.76 bits per heavy atom. The molecule has 2 N–H and O–H groups in total. The molecule has 132 valence electrons. The number of sulfonamides is 1. The number of benzene rings is 1. The Labute approximate surface area is 148 Å². The van der Waals surface area contributed by atoms with Crippen LogP contribution in [-0.4, -0.2) is 37.0 Å². The molecule has 2 amide bonds. The topological polar surface area (TPSA) is 121 Å². The summed E-state index contributed by atoms with van der Waals surface area (Å²) in [4.78, 5) is 23.5. The molecule has 1 aliphatic rings. The molecule has 0 spiro atoms. The van der Waals surface area contributed by atoms with Crippen molar-refractivity contribution >= 4 is 49.7 Å². The number of fused-ring (bicyclic) bond motifs is 1. The van der Waals surface area contributed by atoms with Crippen molar-refractivity contribution in [2.75, 3.05) is 21.5 Å². The number of carbonyl (C=O) groups is 2. The van der Waals surface area contributed by atoms with Crippen LogP contribution in [0.25, 0.3) is 0 Å². The third kappa shape index (κ3) is 3.33. The Morgan fingerprint density at radius 1 is 1.32 bits per heavy atom. The van der Waals surface area contributed by atoms with Gasteiger partial charge in [0.2, 0.25) is 16.9 Å². The van der Waals surface area contributed by atoms with Crippen LogP contribution in [0.5, 0.6) is 0 Å². The Hall–Kier alpha value is -2.53. The van der Waals surface area contributed by atoms with Crippen LogP contribution in [0.15, 0.2) is 28.6 Å². The van der Waals surface area contributed by atoms with Crippen LogP contribution in [0.4, 0.5) is 16.5 Å². The summed E-state index contributed by atoms with van der Waals surface area (Å²) in [6, 6.07) is 6.57. The van der Waals surface area contributed by atoms with Gasteiger partial charge in [0.1, 0.15) is 6.54 Å². The van der Waals surface area contributed by atoms with Crippen molar-refractivity contribution in [3.8, 4) is 0 Å². The van der Waals surface area contributed by atoms with E-state index >= 15 is 0 Å². The summed E-state index contributed by atoms with van der Waals surface area (Å²) < 4.78 is 26.4. The van der Waals surface area contributed by atoms with E-state index in [-0.39, 0.29) is 27.8 Å². The largest absolute Gasteiger partial charge is 0.323 e. The van der Waals surface area contributed by atoms with Crippen molar-refractivity contribution in [2.45, 2.75) is 18.2 Å². The lowest BCUT2D eigenvalue weighted by atomic mass is 10.2. The smallest absolute Gasteiger partial charge is 0.294 e. The van der Waals surface area contributed by atoms with Crippen LogP contribution in [0.2, 0.25) is 0 Å². The molecule has 0 unspecified atom stereocenters. The first-order valence-corrected chi connectivity index (χ1v) is 9.60. The molecule has 0 radical (unpaired) electrons. The number of nitrogens with zero attached hydrogens (tertiary/aromatic N) is 3. The fourth-order valence-electron chi connectivity index (χ4n) is 2.13. The second kappa shape index (κ2) is 6.41. The van der Waals surface area contributed by atoms with E-state index < -0.39 is 15.9 Å². The van der Waals surface area contributed by atoms with Crippen LogP contribution in [0, 0.1) is 5.92 Å². The molecule has 1 aromatic carbocycles. The Bertz CT molecular complexity index is 938. The van der Waals surface area contributed by atoms with Gasteiger partial charge in [0.25, 0.3) is 14.4 Å². The standard InChI is InChI=1S/C14H15N5O4S2/c1-8(2)12(21)16-13-17-18-14(24-13)25(22,23)19-7-11(20)15-9-5-3-4-6-10(9)19/h3-6,8H,7H2,1-2H3,(H,15,20)(H,16,17,21). The molecule has 11 heteroatoms. The fraction of sp³-hybridized carbons (Fsp3) is 0.286. The molecule has 0 aliphatic carbocycles. The van der Waals surface area contributed by atoms with Crippen molar-refractivity contribution in [1.29, 1.82) is 0 Å². The molecule has 2 heterocycles. The summed E-state index contributed by atoms with van der Waals surface area (Å²) in [5.41, 5.74) is 0.755. The number of hydrogen-bond donors (Lipinski definition) is 2. The van der Waals surface area contributed by atoms with Gasteiger partial charge in [-0.15, -0.1) is 10.2 Å². The predicted molar refractivity (Wildman–Crippen MR) is 93.0 cm³/mol. The maximum absolute atomic E-state index is 12.9. The molecule has 1 aromatic heterocycles. The van der Waals surface area contributed by atoms with Crippen LogP contribution in [-0.2, 0) is 19.6 Å². The molecule has 0 atom stereocenters. The number of rotatable bonds is 4. The van der Waals surface area contributed by atoms with E-state index in [0.29, 0.717) is 11.4 Å². The first kappa shape index (κ1) is 17.3. The van der Waals surface area contributed by atoms with Crippen LogP contribution >= 0.6 is 11.3 Å². The zero-order valence-corrected chi connectivity index (χ0v) is 15.0. The van der Waals surface area contributed by atoms with Crippen LogP contribution < -0.4 is 14.9 Å². The summed E-state index contributed by atoms with van der Waals surface area (Å²) in [6.07, 6.45) is 0. The number of hydrogen-bond acceptors (Lipinski definition) is 7. The maximum Gasteiger partial charge on any atom is 0.294 e. The second-order valence-electron chi connectivity index (χ2n) is 5.59. The van der Waals surface area contributed by atoms with E-state index in [1.165, 1.54) is 0 Å². The Kier molecular flexibility index (Phi) is 4.43. The van der Waals surface area contributed by atoms with Gasteiger partial charge in [-0.3, -0.25) is 13.9 Å². The first-order valence-electron chi connectivity index (χ1n) is 7.35. The highest BCUT2D eigenvalue weighted by Gasteiger charge is 2.35. The molecule has 0 fully saturated rings. The number of carbonyl (C=O) groups excluding carboxylic acids is 2. The molecule has 0 bridgehead atoms. The first-order chi connectivity index (χ1) is 11.8. The lowest BCUT2D eigenvalue weighted by Gasteiger charge is -2.28. The third-order valence-electron chi connectivity index (χ3n) is 3.41. The monoisotopic (exact) mass is 381 g/mol. The lowest BCUT2D eigenvalue weighted by molar-refractivity contribution is -0.119. The summed E-state index contributed by atoms with van der Waals surface area (Å²) in [5.74, 6) is -1.01. The van der Waals surface area contributed by atoms with Crippen molar-refractivity contribution in [2.24, 2.45) is 5.92 Å². The molecule has 0 saturated carbocycles. The summed E-state index contributed by atoms with van der Waals surface area (Å²) in [6.45, 7) is 3.06. The van der Waals surface area contributed by atoms with E-state index in [0.717, 1.165) is 15.6 Å². The van der Waals surface area contributed by atoms with Gasteiger partial charge >= 0.3 is 0 Å². The lowest BCUT2D eigenvalue weighted by Crippen LogP contribution is -2.42. The number of aromatic nitrogens is 2. The van der Waals surface area contributed by atoms with Crippen LogP contribution in [0.3, 0.4) is 0 Å². The van der Waals surface area contributed by atoms with E-state index in [4.69, 9.17) is 0 Å². The SMILES string of the molecule is CC(C)C(=O)Nc1nnc(S(=O)(=O)N2CC(=O)Nc3ccccc32)s1. The van der Waals surface area contributed by atoms with Gasteiger partial charge < -0.3 is 10.6 Å². The minimum absolute atomic E-state index is 0.0898. The molecule has 1 aliphatic heterocycles. The molecule has 9 nitrogen and oxygen atoms in total. The predicted octanol–water partition coefficient (Wildman–Crippen LogP) is 1.28. The fourth-order valence-corrected chi connectivity index (χ4v) is 4.57. The summed E-state index contributed by atoms with van der Waals surface area (Å²) in [5, 5.41) is 12.6. The van der Waals surface area contributed by atoms with Crippen molar-refractivity contribution in [3.05, 3.63) is 24.3 Å². The van der Waals surface area contributed by atoms with Gasteiger partial charge in [-0.25, -0.2) is 0 Å². The Morgan fingerprint density at radius 2 is 2.04 bits per heavy atom. The van der Waals surface area contributed by atoms with Gasteiger partial charge in [0, 0.05) is 5.92 Å². The van der Waals surface area contributed by atoms with Gasteiger partial charge in [0.15, 0.2) is 0 Å². The number of amides is 2. The number of anilines is 3. The number of para-hydroxylation sites is 2. The highest BCUT2D eigenvalue weighted by molar-refractivity contribution is 7.94. The second-order valence-corrected chi connectivity index (χ2v) is 8.61. The molecular formula is C14H15N5O4S2. The van der Waals surface area contributed by atoms with Gasteiger partial charge in [-0.05, 0) is 12.1 Å². The quantitative estimate of drug-likeness (QED) is 0.770. The van der Waals surface area contributed by atoms with E-state index in [9.17, 15) is 18.0 Å². The minimum atomic E-state index is -4.08. The van der Waals surface area contributed by atoms with Gasteiger partial charge in [-0.1, -0.05) is 37.3 Å². The van der Waals surface area contributed by atoms with Gasteiger partial charge in [0.05, 0.1) is 11.4 Å². The van der Waals surface area contributed by atoms with E-state index in [1.54, 1.807) is 38.1 Å².